The predicted octanol–water partition coefficient (Wildman–Crippen LogP) is 4.44. The Hall–Kier alpha value is -2.10. The van der Waals surface area contributed by atoms with Crippen molar-refractivity contribution in [3.8, 4) is 0 Å². The second-order valence-corrected chi connectivity index (χ2v) is 7.28. The quantitative estimate of drug-likeness (QED) is 0.725. The summed E-state index contributed by atoms with van der Waals surface area (Å²) in [6, 6.07) is 17.3. The Labute approximate surface area is 149 Å². The Morgan fingerprint density at radius 3 is 2.64 bits per heavy atom. The van der Waals surface area contributed by atoms with Crippen molar-refractivity contribution in [3.63, 3.8) is 0 Å². The molecule has 0 spiro atoms. The van der Waals surface area contributed by atoms with Gasteiger partial charge in [-0.15, -0.1) is 0 Å². The molecule has 0 aliphatic heterocycles. The molecule has 3 aromatic rings. The summed E-state index contributed by atoms with van der Waals surface area (Å²) in [4.78, 5) is 3.63. The van der Waals surface area contributed by atoms with Gasteiger partial charge in [0.2, 0.25) is 0 Å². The monoisotopic (exact) mass is 334 g/mol. The normalized spacial score (nSPS) is 19.9. The molecule has 1 aliphatic rings. The van der Waals surface area contributed by atoms with Crippen molar-refractivity contribution >= 4 is 10.9 Å². The van der Waals surface area contributed by atoms with E-state index in [1.807, 2.05) is 0 Å². The van der Waals surface area contributed by atoms with Crippen LogP contribution in [0.3, 0.4) is 0 Å². The molecular formula is C22H26N2O. The minimum absolute atomic E-state index is 0.252. The molecule has 0 amide bonds. The first-order chi connectivity index (χ1) is 12.2. The molecule has 3 N–H and O–H groups in total. The fourth-order valence-electron chi connectivity index (χ4n) is 4.18. The molecule has 0 saturated carbocycles. The molecule has 1 aliphatic carbocycles. The molecule has 1 aromatic heterocycles. The van der Waals surface area contributed by atoms with Crippen LogP contribution < -0.4 is 5.73 Å². The summed E-state index contributed by atoms with van der Waals surface area (Å²) in [5.74, 6) is 0. The number of nitrogens with two attached hydrogens (primary N) is 1. The average Bonchev–Trinajstić information content (AvgIpc) is 3.02. The van der Waals surface area contributed by atoms with E-state index in [4.69, 9.17) is 10.5 Å². The zero-order valence-corrected chi connectivity index (χ0v) is 14.8. The van der Waals surface area contributed by atoms with Crippen LogP contribution in [0.4, 0.5) is 0 Å². The van der Waals surface area contributed by atoms with Gasteiger partial charge in [0.1, 0.15) is 0 Å². The lowest BCUT2D eigenvalue weighted by molar-refractivity contribution is 0.185. The number of aryl methyl sites for hydroxylation is 2. The van der Waals surface area contributed by atoms with Crippen molar-refractivity contribution in [2.24, 2.45) is 5.73 Å². The Balaban J connectivity index is 1.56. The lowest BCUT2D eigenvalue weighted by atomic mass is 9.77. The van der Waals surface area contributed by atoms with Crippen molar-refractivity contribution < 1.29 is 4.74 Å². The van der Waals surface area contributed by atoms with E-state index in [0.717, 1.165) is 32.1 Å². The maximum Gasteiger partial charge on any atom is 0.0713 e. The lowest BCUT2D eigenvalue weighted by Crippen LogP contribution is -2.40. The van der Waals surface area contributed by atoms with E-state index >= 15 is 0 Å². The topological polar surface area (TPSA) is 51.0 Å². The van der Waals surface area contributed by atoms with E-state index < -0.39 is 0 Å². The number of ether oxygens (including phenoxy) is 1. The maximum atomic E-state index is 6.91. The van der Waals surface area contributed by atoms with E-state index in [0.29, 0.717) is 6.61 Å². The molecule has 1 heterocycles. The van der Waals surface area contributed by atoms with Crippen LogP contribution in [-0.2, 0) is 29.7 Å². The number of fused-ring (bicyclic) bond motifs is 3. The number of rotatable bonds is 5. The second kappa shape index (κ2) is 6.66. The number of para-hydroxylation sites is 1. The minimum Gasteiger partial charge on any atom is -0.380 e. The third-order valence-corrected chi connectivity index (χ3v) is 5.55. The molecule has 2 aromatic carbocycles. The lowest BCUT2D eigenvalue weighted by Gasteiger charge is -2.34. The van der Waals surface area contributed by atoms with Crippen LogP contribution in [0.5, 0.6) is 0 Å². The largest absolute Gasteiger partial charge is 0.380 e. The van der Waals surface area contributed by atoms with E-state index in [2.05, 4.69) is 53.5 Å². The van der Waals surface area contributed by atoms with Gasteiger partial charge in [-0.05, 0) is 54.9 Å². The van der Waals surface area contributed by atoms with Crippen LogP contribution in [0.2, 0.25) is 0 Å². The Kier molecular flexibility index (Phi) is 4.36. The summed E-state index contributed by atoms with van der Waals surface area (Å²) in [6.07, 6.45) is 5.31. The minimum atomic E-state index is -0.252. The van der Waals surface area contributed by atoms with Crippen molar-refractivity contribution in [2.45, 2.75) is 44.2 Å². The number of hydrogen-bond acceptors (Lipinski definition) is 2. The van der Waals surface area contributed by atoms with Crippen molar-refractivity contribution in [1.29, 1.82) is 0 Å². The third kappa shape index (κ3) is 3.10. The molecular weight excluding hydrogens is 308 g/mol. The number of aromatic amines is 1. The standard InChI is InChI=1S/C22H26N2O/c1-25-15-17-10-8-16(9-11-17)12-14-22(23)13-4-6-19-18-5-2-3-7-20(18)24-21(19)22/h2-3,5,7-11,24H,4,6,12-15,23H2,1H3. The fraction of sp³-hybridized carbons (Fsp3) is 0.364. The van der Waals surface area contributed by atoms with Gasteiger partial charge in [-0.1, -0.05) is 42.5 Å². The Morgan fingerprint density at radius 1 is 1.08 bits per heavy atom. The molecule has 3 nitrogen and oxygen atoms in total. The van der Waals surface area contributed by atoms with Crippen molar-refractivity contribution in [2.75, 3.05) is 7.11 Å². The number of H-pyrrole nitrogens is 1. The highest BCUT2D eigenvalue weighted by molar-refractivity contribution is 5.85. The van der Waals surface area contributed by atoms with Crippen molar-refractivity contribution in [3.05, 3.63) is 70.9 Å². The van der Waals surface area contributed by atoms with Gasteiger partial charge < -0.3 is 15.5 Å². The van der Waals surface area contributed by atoms with E-state index in [-0.39, 0.29) is 5.54 Å². The molecule has 1 atom stereocenters. The second-order valence-electron chi connectivity index (χ2n) is 7.28. The molecule has 1 unspecified atom stereocenters. The smallest absolute Gasteiger partial charge is 0.0713 e. The highest BCUT2D eigenvalue weighted by atomic mass is 16.5. The number of benzene rings is 2. The summed E-state index contributed by atoms with van der Waals surface area (Å²) in [7, 11) is 1.73. The predicted molar refractivity (Wildman–Crippen MR) is 103 cm³/mol. The SMILES string of the molecule is COCc1ccc(CCC2(N)CCCc3c2[nH]c2ccccc32)cc1. The molecule has 130 valence electrons. The average molecular weight is 334 g/mol. The van der Waals surface area contributed by atoms with Crippen LogP contribution >= 0.6 is 0 Å². The first kappa shape index (κ1) is 16.4. The highest BCUT2D eigenvalue weighted by Gasteiger charge is 2.34. The molecule has 0 radical (unpaired) electrons. The summed E-state index contributed by atoms with van der Waals surface area (Å²) in [5, 5.41) is 1.34. The fourth-order valence-corrected chi connectivity index (χ4v) is 4.18. The van der Waals surface area contributed by atoms with Crippen LogP contribution in [0.1, 0.15) is 41.6 Å². The molecule has 3 heteroatoms. The summed E-state index contributed by atoms with van der Waals surface area (Å²) in [5.41, 5.74) is 13.1. The first-order valence-corrected chi connectivity index (χ1v) is 9.15. The number of nitrogens with one attached hydrogen (secondary N) is 1. The number of methoxy groups -OCH3 is 1. The van der Waals surface area contributed by atoms with E-state index in [1.165, 1.54) is 33.3 Å². The van der Waals surface area contributed by atoms with Gasteiger partial charge in [-0.2, -0.15) is 0 Å². The molecule has 0 saturated heterocycles. The molecule has 25 heavy (non-hydrogen) atoms. The molecule has 4 rings (SSSR count). The third-order valence-electron chi connectivity index (χ3n) is 5.55. The summed E-state index contributed by atoms with van der Waals surface area (Å²) >= 11 is 0. The van der Waals surface area contributed by atoms with Gasteiger partial charge in [0.05, 0.1) is 12.1 Å². The summed E-state index contributed by atoms with van der Waals surface area (Å²) < 4.78 is 5.18. The van der Waals surface area contributed by atoms with Crippen LogP contribution in [0.25, 0.3) is 10.9 Å². The van der Waals surface area contributed by atoms with Crippen molar-refractivity contribution in [1.82, 2.24) is 4.98 Å². The molecule has 0 fully saturated rings. The van der Waals surface area contributed by atoms with Gasteiger partial charge in [-0.25, -0.2) is 0 Å². The van der Waals surface area contributed by atoms with Gasteiger partial charge >= 0.3 is 0 Å². The zero-order valence-electron chi connectivity index (χ0n) is 14.8. The number of hydrogen-bond donors (Lipinski definition) is 2. The van der Waals surface area contributed by atoms with Crippen LogP contribution in [0.15, 0.2) is 48.5 Å². The first-order valence-electron chi connectivity index (χ1n) is 9.15. The summed E-state index contributed by atoms with van der Waals surface area (Å²) in [6.45, 7) is 0.666. The van der Waals surface area contributed by atoms with Gasteiger partial charge in [0, 0.05) is 23.7 Å². The van der Waals surface area contributed by atoms with Gasteiger partial charge in [0.15, 0.2) is 0 Å². The van der Waals surface area contributed by atoms with Crippen LogP contribution in [-0.4, -0.2) is 12.1 Å². The Bertz CT molecular complexity index is 865. The van der Waals surface area contributed by atoms with Crippen LogP contribution in [0, 0.1) is 0 Å². The highest BCUT2D eigenvalue weighted by Crippen LogP contribution is 2.39. The number of aromatic nitrogens is 1. The maximum absolute atomic E-state index is 6.91. The van der Waals surface area contributed by atoms with Gasteiger partial charge in [0.25, 0.3) is 0 Å². The van der Waals surface area contributed by atoms with E-state index in [9.17, 15) is 0 Å². The van der Waals surface area contributed by atoms with Gasteiger partial charge in [-0.3, -0.25) is 0 Å². The molecule has 0 bridgehead atoms. The Morgan fingerprint density at radius 2 is 1.84 bits per heavy atom. The van der Waals surface area contributed by atoms with E-state index in [1.54, 1.807) is 7.11 Å². The zero-order chi connectivity index (χ0) is 17.3.